The fourth-order valence-electron chi connectivity index (χ4n) is 3.01. The summed E-state index contributed by atoms with van der Waals surface area (Å²) in [6.07, 6.45) is 19.5. The normalized spacial score (nSPS) is 12.3. The van der Waals surface area contributed by atoms with Gasteiger partial charge in [0.1, 0.15) is 0 Å². The van der Waals surface area contributed by atoms with Gasteiger partial charge in [-0.3, -0.25) is 0 Å². The van der Waals surface area contributed by atoms with E-state index in [1.54, 1.807) is 0 Å². The van der Waals surface area contributed by atoms with Gasteiger partial charge in [0.25, 0.3) is 0 Å². The van der Waals surface area contributed by atoms with Crippen molar-refractivity contribution in [2.24, 2.45) is 5.92 Å². The fraction of sp³-hybridized carbons (Fsp3) is 0.857. The second kappa shape index (κ2) is 16.1. The summed E-state index contributed by atoms with van der Waals surface area (Å²) < 4.78 is 0. The predicted octanol–water partition coefficient (Wildman–Crippen LogP) is 7.13. The molecule has 0 aromatic heterocycles. The van der Waals surface area contributed by atoms with Gasteiger partial charge in [0, 0.05) is 5.57 Å². The van der Waals surface area contributed by atoms with Gasteiger partial charge in [-0.2, -0.15) is 0 Å². The highest BCUT2D eigenvalue weighted by molar-refractivity contribution is 5.85. The zero-order chi connectivity index (χ0) is 17.3. The molecule has 0 aliphatic carbocycles. The van der Waals surface area contributed by atoms with Crippen LogP contribution in [0.1, 0.15) is 110 Å². The van der Waals surface area contributed by atoms with E-state index >= 15 is 0 Å². The molecule has 0 spiro atoms. The van der Waals surface area contributed by atoms with Gasteiger partial charge < -0.3 is 5.11 Å². The number of rotatable bonds is 17. The van der Waals surface area contributed by atoms with Crippen molar-refractivity contribution in [3.63, 3.8) is 0 Å². The molecule has 0 fully saturated rings. The van der Waals surface area contributed by atoms with Gasteiger partial charge in [-0.1, -0.05) is 104 Å². The number of carbonyl (C=O) groups is 1. The number of aliphatic carboxylic acids is 1. The van der Waals surface area contributed by atoms with E-state index in [2.05, 4.69) is 20.4 Å². The molecule has 0 bridgehead atoms. The molecule has 23 heavy (non-hydrogen) atoms. The summed E-state index contributed by atoms with van der Waals surface area (Å²) in [4.78, 5) is 10.7. The first-order chi connectivity index (χ1) is 11.1. The molecule has 2 nitrogen and oxygen atoms in total. The minimum absolute atomic E-state index is 0.353. The van der Waals surface area contributed by atoms with Crippen molar-refractivity contribution < 1.29 is 9.90 Å². The average Bonchev–Trinajstić information content (AvgIpc) is 2.53. The van der Waals surface area contributed by atoms with Crippen molar-refractivity contribution in [2.75, 3.05) is 0 Å². The molecule has 0 aromatic rings. The van der Waals surface area contributed by atoms with E-state index in [0.29, 0.717) is 17.9 Å². The summed E-state index contributed by atoms with van der Waals surface area (Å²) in [6, 6.07) is 0. The van der Waals surface area contributed by atoms with Crippen LogP contribution in [-0.2, 0) is 4.79 Å². The quantitative estimate of drug-likeness (QED) is 0.228. The Morgan fingerprint density at radius 3 is 1.70 bits per heavy atom. The lowest BCUT2D eigenvalue weighted by atomic mass is 9.95. The Hall–Kier alpha value is -0.790. The molecule has 1 unspecified atom stereocenters. The van der Waals surface area contributed by atoms with E-state index in [-0.39, 0.29) is 0 Å². The molecule has 0 aliphatic heterocycles. The van der Waals surface area contributed by atoms with Gasteiger partial charge in [0.15, 0.2) is 0 Å². The molecule has 2 heteroatoms. The first-order valence-electron chi connectivity index (χ1n) is 9.99. The topological polar surface area (TPSA) is 37.3 Å². The minimum Gasteiger partial charge on any atom is -0.478 e. The summed E-state index contributed by atoms with van der Waals surface area (Å²) in [5.41, 5.74) is 0.353. The van der Waals surface area contributed by atoms with Crippen LogP contribution in [0.25, 0.3) is 0 Å². The highest BCUT2D eigenvalue weighted by Gasteiger charge is 2.07. The van der Waals surface area contributed by atoms with Crippen LogP contribution in [0.3, 0.4) is 0 Å². The molecular weight excluding hydrogens is 284 g/mol. The van der Waals surface area contributed by atoms with Crippen molar-refractivity contribution >= 4 is 5.97 Å². The first-order valence-corrected chi connectivity index (χ1v) is 9.99. The summed E-state index contributed by atoms with van der Waals surface area (Å²) >= 11 is 0. The van der Waals surface area contributed by atoms with Gasteiger partial charge in [-0.05, 0) is 18.8 Å². The highest BCUT2D eigenvalue weighted by atomic mass is 16.4. The van der Waals surface area contributed by atoms with Crippen molar-refractivity contribution in [1.82, 2.24) is 0 Å². The molecule has 0 saturated heterocycles. The lowest BCUT2D eigenvalue weighted by Gasteiger charge is -2.11. The third-order valence-electron chi connectivity index (χ3n) is 4.79. The lowest BCUT2D eigenvalue weighted by Crippen LogP contribution is -2.02. The van der Waals surface area contributed by atoms with Crippen LogP contribution < -0.4 is 0 Å². The van der Waals surface area contributed by atoms with Crippen LogP contribution >= 0.6 is 0 Å². The Balaban J connectivity index is 3.23. The number of unbranched alkanes of at least 4 members (excludes halogenated alkanes) is 11. The molecule has 0 radical (unpaired) electrons. The van der Waals surface area contributed by atoms with E-state index in [0.717, 1.165) is 6.42 Å². The molecular formula is C21H40O2. The zero-order valence-electron chi connectivity index (χ0n) is 15.7. The van der Waals surface area contributed by atoms with Gasteiger partial charge in [-0.25, -0.2) is 4.79 Å². The van der Waals surface area contributed by atoms with E-state index in [9.17, 15) is 4.79 Å². The minimum atomic E-state index is -0.845. The van der Waals surface area contributed by atoms with Crippen LogP contribution in [0.4, 0.5) is 0 Å². The van der Waals surface area contributed by atoms with E-state index < -0.39 is 5.97 Å². The summed E-state index contributed by atoms with van der Waals surface area (Å²) in [6.45, 7) is 8.09. The molecule has 0 rings (SSSR count). The standard InChI is InChI=1S/C21H40O2/c1-4-5-6-7-8-9-10-11-12-13-14-15-16-19(2)17-18-20(3)21(22)23/h19H,3-18H2,1-2H3,(H,22,23). The van der Waals surface area contributed by atoms with Gasteiger partial charge >= 0.3 is 5.97 Å². The molecule has 0 heterocycles. The zero-order valence-corrected chi connectivity index (χ0v) is 15.7. The monoisotopic (exact) mass is 324 g/mol. The number of carboxylic acids is 1. The summed E-state index contributed by atoms with van der Waals surface area (Å²) in [7, 11) is 0. The molecule has 0 aliphatic rings. The Bertz CT molecular complexity index is 296. The molecule has 0 amide bonds. The third-order valence-corrected chi connectivity index (χ3v) is 4.79. The molecule has 0 aromatic carbocycles. The smallest absolute Gasteiger partial charge is 0.330 e. The van der Waals surface area contributed by atoms with Crippen LogP contribution in [0.15, 0.2) is 12.2 Å². The average molecular weight is 325 g/mol. The number of hydrogen-bond donors (Lipinski definition) is 1. The second-order valence-corrected chi connectivity index (χ2v) is 7.23. The first kappa shape index (κ1) is 22.2. The molecule has 0 saturated carbocycles. The SMILES string of the molecule is C=C(CCC(C)CCCCCCCCCCCCCC)C(=O)O. The molecule has 136 valence electrons. The largest absolute Gasteiger partial charge is 0.478 e. The highest BCUT2D eigenvalue weighted by Crippen LogP contribution is 2.18. The molecule has 1 N–H and O–H groups in total. The van der Waals surface area contributed by atoms with Crippen LogP contribution in [0, 0.1) is 5.92 Å². The maximum atomic E-state index is 10.7. The van der Waals surface area contributed by atoms with E-state index in [4.69, 9.17) is 5.11 Å². The Morgan fingerprint density at radius 1 is 0.826 bits per heavy atom. The maximum Gasteiger partial charge on any atom is 0.330 e. The van der Waals surface area contributed by atoms with Gasteiger partial charge in [-0.15, -0.1) is 0 Å². The Morgan fingerprint density at radius 2 is 1.26 bits per heavy atom. The number of carboxylic acid groups (broad SMARTS) is 1. The summed E-state index contributed by atoms with van der Waals surface area (Å²) in [5.74, 6) is -0.225. The van der Waals surface area contributed by atoms with Crippen molar-refractivity contribution in [1.29, 1.82) is 0 Å². The Kier molecular flexibility index (Phi) is 15.5. The van der Waals surface area contributed by atoms with Crippen molar-refractivity contribution in [3.05, 3.63) is 12.2 Å². The number of hydrogen-bond acceptors (Lipinski definition) is 1. The second-order valence-electron chi connectivity index (χ2n) is 7.23. The molecule has 1 atom stereocenters. The van der Waals surface area contributed by atoms with Gasteiger partial charge in [0.2, 0.25) is 0 Å². The van der Waals surface area contributed by atoms with Crippen molar-refractivity contribution in [3.8, 4) is 0 Å². The van der Waals surface area contributed by atoms with Crippen LogP contribution in [-0.4, -0.2) is 11.1 Å². The fourth-order valence-corrected chi connectivity index (χ4v) is 3.01. The summed E-state index contributed by atoms with van der Waals surface area (Å²) in [5, 5.41) is 8.78. The van der Waals surface area contributed by atoms with E-state index in [1.807, 2.05) is 0 Å². The van der Waals surface area contributed by atoms with Crippen LogP contribution in [0.5, 0.6) is 0 Å². The predicted molar refractivity (Wildman–Crippen MR) is 101 cm³/mol. The van der Waals surface area contributed by atoms with E-state index in [1.165, 1.54) is 83.5 Å². The lowest BCUT2D eigenvalue weighted by molar-refractivity contribution is -0.132. The maximum absolute atomic E-state index is 10.7. The third kappa shape index (κ3) is 15.9. The Labute approximate surface area is 144 Å². The van der Waals surface area contributed by atoms with Gasteiger partial charge in [0.05, 0.1) is 0 Å². The van der Waals surface area contributed by atoms with Crippen LogP contribution in [0.2, 0.25) is 0 Å². The van der Waals surface area contributed by atoms with Crippen molar-refractivity contribution in [2.45, 2.75) is 110 Å².